The Hall–Kier alpha value is -1.45. The van der Waals surface area contributed by atoms with E-state index in [1.165, 1.54) is 15.3 Å². The van der Waals surface area contributed by atoms with Crippen LogP contribution in [-0.2, 0) is 26.0 Å². The van der Waals surface area contributed by atoms with Crippen LogP contribution in [0.3, 0.4) is 0 Å². The van der Waals surface area contributed by atoms with Gasteiger partial charge < -0.3 is 10.0 Å². The van der Waals surface area contributed by atoms with Gasteiger partial charge in [0, 0.05) is 31.6 Å². The van der Waals surface area contributed by atoms with Crippen LogP contribution in [-0.4, -0.2) is 61.3 Å². The summed E-state index contributed by atoms with van der Waals surface area (Å²) < 4.78 is 26.6. The topological polar surface area (TPSA) is 95.0 Å². The molecule has 1 aromatic rings. The number of aliphatic carboxylic acids is 1. The Bertz CT molecular complexity index is 677. The van der Waals surface area contributed by atoms with Gasteiger partial charge in [0.25, 0.3) is 10.0 Å². The van der Waals surface area contributed by atoms with E-state index in [-0.39, 0.29) is 29.5 Å². The van der Waals surface area contributed by atoms with E-state index in [9.17, 15) is 18.0 Å². The second-order valence-corrected chi connectivity index (χ2v) is 8.80. The molecule has 0 aliphatic carbocycles. The predicted octanol–water partition coefficient (Wildman–Crippen LogP) is 1.01. The molecule has 0 atom stereocenters. The molecule has 0 aromatic carbocycles. The normalized spacial score (nSPS) is 15.7. The highest BCUT2D eigenvalue weighted by Crippen LogP contribution is 2.27. The van der Waals surface area contributed by atoms with Gasteiger partial charge in [-0.25, -0.2) is 8.42 Å². The van der Waals surface area contributed by atoms with Gasteiger partial charge in [0.05, 0.1) is 12.8 Å². The van der Waals surface area contributed by atoms with Gasteiger partial charge >= 0.3 is 5.97 Å². The lowest BCUT2D eigenvalue weighted by Crippen LogP contribution is -2.30. The maximum Gasteiger partial charge on any atom is 0.305 e. The van der Waals surface area contributed by atoms with Crippen molar-refractivity contribution in [3.8, 4) is 0 Å². The van der Waals surface area contributed by atoms with Crippen molar-refractivity contribution in [1.29, 1.82) is 0 Å². The van der Waals surface area contributed by atoms with Gasteiger partial charge in [-0.05, 0) is 25.0 Å². The zero-order valence-electron chi connectivity index (χ0n) is 12.9. The molecule has 1 fully saturated rings. The van der Waals surface area contributed by atoms with E-state index >= 15 is 0 Å². The van der Waals surface area contributed by atoms with Crippen molar-refractivity contribution >= 4 is 33.2 Å². The molecule has 0 unspecified atom stereocenters. The Balaban J connectivity index is 1.99. The third-order valence-electron chi connectivity index (χ3n) is 3.71. The SMILES string of the molecule is CN(CCC(=O)O)C(=O)Cc1ccc(S(=O)(=O)N2CCCC2)s1. The summed E-state index contributed by atoms with van der Waals surface area (Å²) >= 11 is 1.10. The first-order valence-corrected chi connectivity index (χ1v) is 9.61. The van der Waals surface area contributed by atoms with Crippen molar-refractivity contribution in [2.45, 2.75) is 29.9 Å². The number of carboxylic acids is 1. The molecule has 1 aliphatic heterocycles. The Morgan fingerprint density at radius 2 is 1.96 bits per heavy atom. The van der Waals surface area contributed by atoms with Gasteiger partial charge in [0.2, 0.25) is 5.91 Å². The molecule has 1 aliphatic rings. The zero-order chi connectivity index (χ0) is 17.0. The number of hydrogen-bond acceptors (Lipinski definition) is 5. The van der Waals surface area contributed by atoms with Crippen molar-refractivity contribution < 1.29 is 23.1 Å². The predicted molar refractivity (Wildman–Crippen MR) is 85.9 cm³/mol. The third-order valence-corrected chi connectivity index (χ3v) is 7.16. The van der Waals surface area contributed by atoms with E-state index in [2.05, 4.69) is 0 Å². The van der Waals surface area contributed by atoms with Crippen LogP contribution in [0, 0.1) is 0 Å². The van der Waals surface area contributed by atoms with Gasteiger partial charge in [0.1, 0.15) is 4.21 Å². The minimum atomic E-state index is -3.45. The maximum atomic E-state index is 12.4. The lowest BCUT2D eigenvalue weighted by atomic mass is 10.3. The number of likely N-dealkylation sites (N-methyl/N-ethyl adjacent to an activating group) is 1. The fraction of sp³-hybridized carbons (Fsp3) is 0.571. The number of amides is 1. The molecule has 1 saturated heterocycles. The van der Waals surface area contributed by atoms with Gasteiger partial charge in [-0.2, -0.15) is 4.31 Å². The van der Waals surface area contributed by atoms with Crippen LogP contribution in [0.25, 0.3) is 0 Å². The highest BCUT2D eigenvalue weighted by atomic mass is 32.2. The van der Waals surface area contributed by atoms with E-state index in [1.54, 1.807) is 13.1 Å². The van der Waals surface area contributed by atoms with Crippen LogP contribution in [0.5, 0.6) is 0 Å². The smallest absolute Gasteiger partial charge is 0.305 e. The summed E-state index contributed by atoms with van der Waals surface area (Å²) in [5.41, 5.74) is 0. The fourth-order valence-corrected chi connectivity index (χ4v) is 5.34. The second-order valence-electron chi connectivity index (χ2n) is 5.47. The van der Waals surface area contributed by atoms with Crippen molar-refractivity contribution in [3.63, 3.8) is 0 Å². The minimum Gasteiger partial charge on any atom is -0.481 e. The summed E-state index contributed by atoms with van der Waals surface area (Å²) in [6.07, 6.45) is 1.73. The van der Waals surface area contributed by atoms with Crippen LogP contribution < -0.4 is 0 Å². The molecule has 0 saturated carbocycles. The number of carboxylic acid groups (broad SMARTS) is 1. The quantitative estimate of drug-likeness (QED) is 0.783. The first kappa shape index (κ1) is 17.9. The number of hydrogen-bond donors (Lipinski definition) is 1. The van der Waals surface area contributed by atoms with E-state index < -0.39 is 16.0 Å². The number of carbonyl (C=O) groups is 2. The third kappa shape index (κ3) is 4.52. The van der Waals surface area contributed by atoms with Crippen molar-refractivity contribution in [2.75, 3.05) is 26.7 Å². The maximum absolute atomic E-state index is 12.4. The van der Waals surface area contributed by atoms with Gasteiger partial charge in [-0.15, -0.1) is 11.3 Å². The molecule has 2 heterocycles. The van der Waals surface area contributed by atoms with Crippen LogP contribution >= 0.6 is 11.3 Å². The van der Waals surface area contributed by atoms with Crippen LogP contribution in [0.4, 0.5) is 0 Å². The second kappa shape index (κ2) is 7.41. The number of nitrogens with zero attached hydrogens (tertiary/aromatic N) is 2. The van der Waals surface area contributed by atoms with Crippen molar-refractivity contribution in [1.82, 2.24) is 9.21 Å². The molecule has 1 aromatic heterocycles. The van der Waals surface area contributed by atoms with E-state index in [0.717, 1.165) is 24.2 Å². The van der Waals surface area contributed by atoms with E-state index in [1.807, 2.05) is 0 Å². The van der Waals surface area contributed by atoms with Gasteiger partial charge in [-0.1, -0.05) is 0 Å². The molecule has 1 amide bonds. The summed E-state index contributed by atoms with van der Waals surface area (Å²) in [6.45, 7) is 1.23. The Morgan fingerprint density at radius 1 is 1.30 bits per heavy atom. The van der Waals surface area contributed by atoms with Gasteiger partial charge in [-0.3, -0.25) is 9.59 Å². The lowest BCUT2D eigenvalue weighted by Gasteiger charge is -2.15. The first-order chi connectivity index (χ1) is 10.8. The molecule has 0 bridgehead atoms. The number of thiophene rings is 1. The molecule has 2 rings (SSSR count). The fourth-order valence-electron chi connectivity index (χ4n) is 2.32. The number of carbonyl (C=O) groups excluding carboxylic acids is 1. The molecule has 9 heteroatoms. The van der Waals surface area contributed by atoms with Gasteiger partial charge in [0.15, 0.2) is 0 Å². The first-order valence-electron chi connectivity index (χ1n) is 7.35. The molecule has 7 nitrogen and oxygen atoms in total. The van der Waals surface area contributed by atoms with E-state index in [0.29, 0.717) is 18.0 Å². The Labute approximate surface area is 139 Å². The summed E-state index contributed by atoms with van der Waals surface area (Å²) in [5.74, 6) is -1.18. The van der Waals surface area contributed by atoms with Crippen molar-refractivity contribution in [2.24, 2.45) is 0 Å². The summed E-state index contributed by atoms with van der Waals surface area (Å²) in [6, 6.07) is 3.19. The zero-order valence-corrected chi connectivity index (χ0v) is 14.5. The minimum absolute atomic E-state index is 0.0797. The molecular weight excluding hydrogens is 340 g/mol. The molecular formula is C14H20N2O5S2. The summed E-state index contributed by atoms with van der Waals surface area (Å²) in [7, 11) is -1.90. The highest BCUT2D eigenvalue weighted by Gasteiger charge is 2.28. The van der Waals surface area contributed by atoms with E-state index in [4.69, 9.17) is 5.11 Å². The largest absolute Gasteiger partial charge is 0.481 e. The average molecular weight is 360 g/mol. The van der Waals surface area contributed by atoms with Crippen LogP contribution in [0.2, 0.25) is 0 Å². The molecule has 0 radical (unpaired) electrons. The molecule has 128 valence electrons. The number of sulfonamides is 1. The molecule has 23 heavy (non-hydrogen) atoms. The summed E-state index contributed by atoms with van der Waals surface area (Å²) in [5, 5.41) is 8.62. The standard InChI is InChI=1S/C14H20N2O5S2/c1-15(9-6-13(18)19)12(17)10-11-4-5-14(22-11)23(20,21)16-7-2-3-8-16/h4-5H,2-3,6-10H2,1H3,(H,18,19). The van der Waals surface area contributed by atoms with Crippen molar-refractivity contribution in [3.05, 3.63) is 17.0 Å². The lowest BCUT2D eigenvalue weighted by molar-refractivity contribution is -0.138. The Morgan fingerprint density at radius 3 is 2.57 bits per heavy atom. The van der Waals surface area contributed by atoms with Crippen LogP contribution in [0.15, 0.2) is 16.3 Å². The van der Waals surface area contributed by atoms with Crippen LogP contribution in [0.1, 0.15) is 24.1 Å². The monoisotopic (exact) mass is 360 g/mol. The Kier molecular flexibility index (Phi) is 5.77. The summed E-state index contributed by atoms with van der Waals surface area (Å²) in [4.78, 5) is 24.5. The number of rotatable bonds is 7. The average Bonchev–Trinajstić information content (AvgIpc) is 3.16. The molecule has 0 spiro atoms. The highest BCUT2D eigenvalue weighted by molar-refractivity contribution is 7.91. The molecule has 1 N–H and O–H groups in total.